The summed E-state index contributed by atoms with van der Waals surface area (Å²) in [6, 6.07) is -1.13. The number of aliphatic imine (C=N–C) groups is 1. The second kappa shape index (κ2) is 7.49. The average molecular weight is 286 g/mol. The van der Waals surface area contributed by atoms with Gasteiger partial charge in [-0.1, -0.05) is 0 Å². The van der Waals surface area contributed by atoms with E-state index in [-0.39, 0.29) is 6.54 Å². The van der Waals surface area contributed by atoms with Gasteiger partial charge in [0.2, 0.25) is 0 Å². The van der Waals surface area contributed by atoms with Crippen LogP contribution in [-0.4, -0.2) is 59.3 Å². The van der Waals surface area contributed by atoms with Crippen LogP contribution in [0.2, 0.25) is 0 Å². The number of carboxylic acids is 2. The molecule has 0 aliphatic heterocycles. The summed E-state index contributed by atoms with van der Waals surface area (Å²) in [6.45, 7) is -0.921. The zero-order valence-corrected chi connectivity index (χ0v) is 11.1. The number of methoxy groups -OCH3 is 1. The number of aliphatic hydroxyl groups is 1. The van der Waals surface area contributed by atoms with Crippen LogP contribution in [0.25, 0.3) is 0 Å². The first-order valence-corrected chi connectivity index (χ1v) is 6.12. The van der Waals surface area contributed by atoms with Crippen molar-refractivity contribution in [1.29, 1.82) is 0 Å². The third-order valence-electron chi connectivity index (χ3n) is 2.81. The summed E-state index contributed by atoms with van der Waals surface area (Å²) in [5.41, 5.74) is 1.01. The molecule has 0 spiro atoms. The van der Waals surface area contributed by atoms with Crippen LogP contribution < -0.4 is 5.32 Å². The molecule has 8 heteroatoms. The van der Waals surface area contributed by atoms with E-state index < -0.39 is 24.6 Å². The fraction of sp³-hybridized carbons (Fsp3) is 0.583. The second-order valence-corrected chi connectivity index (χ2v) is 4.24. The lowest BCUT2D eigenvalue weighted by Crippen LogP contribution is -2.40. The molecule has 0 fully saturated rings. The first-order chi connectivity index (χ1) is 9.49. The van der Waals surface area contributed by atoms with Crippen LogP contribution in [0.5, 0.6) is 0 Å². The molecule has 8 nitrogen and oxygen atoms in total. The molecular formula is C12H18N2O6. The second-order valence-electron chi connectivity index (χ2n) is 4.24. The molecule has 1 rings (SSSR count). The third kappa shape index (κ3) is 4.23. The highest BCUT2D eigenvalue weighted by atomic mass is 16.5. The molecule has 0 radical (unpaired) electrons. The summed E-state index contributed by atoms with van der Waals surface area (Å²) in [5.74, 6) is -1.87. The van der Waals surface area contributed by atoms with Crippen LogP contribution in [0.3, 0.4) is 0 Å². The molecular weight excluding hydrogens is 268 g/mol. The van der Waals surface area contributed by atoms with Gasteiger partial charge in [-0.2, -0.15) is 0 Å². The highest BCUT2D eigenvalue weighted by molar-refractivity contribution is 6.00. The number of rotatable bonds is 7. The van der Waals surface area contributed by atoms with Gasteiger partial charge in [-0.25, -0.2) is 4.79 Å². The quantitative estimate of drug-likeness (QED) is 0.500. The number of carbonyl (C=O) groups is 2. The zero-order chi connectivity index (χ0) is 15.1. The van der Waals surface area contributed by atoms with Gasteiger partial charge in [0.1, 0.15) is 12.6 Å². The molecule has 0 aromatic heterocycles. The summed E-state index contributed by atoms with van der Waals surface area (Å²) in [6.07, 6.45) is 1.82. The summed E-state index contributed by atoms with van der Waals surface area (Å²) in [4.78, 5) is 25.4. The Hall–Kier alpha value is -2.09. The Balaban J connectivity index is 2.97. The molecule has 0 heterocycles. The number of nitrogens with one attached hydrogen (secondary N) is 1. The number of aliphatic carboxylic acids is 2. The Morgan fingerprint density at radius 2 is 2.10 bits per heavy atom. The van der Waals surface area contributed by atoms with Crippen molar-refractivity contribution in [3.05, 3.63) is 11.5 Å². The van der Waals surface area contributed by atoms with E-state index in [9.17, 15) is 9.59 Å². The molecule has 0 saturated heterocycles. The lowest BCUT2D eigenvalue weighted by atomic mass is 10.00. The molecule has 112 valence electrons. The summed E-state index contributed by atoms with van der Waals surface area (Å²) >= 11 is 0. The minimum Gasteiger partial charge on any atom is -0.493 e. The van der Waals surface area contributed by atoms with Crippen LogP contribution in [0.4, 0.5) is 0 Å². The maximum Gasteiger partial charge on any atom is 0.328 e. The average Bonchev–Trinajstić information content (AvgIpc) is 2.41. The molecule has 1 aliphatic carbocycles. The molecule has 0 bridgehead atoms. The van der Waals surface area contributed by atoms with Crippen molar-refractivity contribution in [3.63, 3.8) is 0 Å². The maximum absolute atomic E-state index is 10.9. The lowest BCUT2D eigenvalue weighted by Gasteiger charge is -2.24. The van der Waals surface area contributed by atoms with Crippen molar-refractivity contribution >= 4 is 17.7 Å². The number of hydrogen-bond acceptors (Lipinski definition) is 6. The number of ether oxygens (including phenoxy) is 1. The number of allylic oxidation sites excluding steroid dienone is 2. The van der Waals surface area contributed by atoms with Gasteiger partial charge in [-0.15, -0.1) is 0 Å². The molecule has 1 atom stereocenters. The molecule has 0 amide bonds. The predicted molar refractivity (Wildman–Crippen MR) is 69.5 cm³/mol. The Bertz CT molecular complexity index is 443. The SMILES string of the molecule is COC1=C(NC(CO)C(=O)O)CCCC1=NCC(=O)O. The van der Waals surface area contributed by atoms with Crippen LogP contribution in [0.15, 0.2) is 16.4 Å². The van der Waals surface area contributed by atoms with Crippen molar-refractivity contribution in [1.82, 2.24) is 5.32 Å². The number of nitrogens with zero attached hydrogens (tertiary/aromatic N) is 1. The Morgan fingerprint density at radius 3 is 2.60 bits per heavy atom. The Labute approximate surface area is 115 Å². The van der Waals surface area contributed by atoms with Gasteiger partial charge in [-0.3, -0.25) is 9.79 Å². The fourth-order valence-electron chi connectivity index (χ4n) is 1.92. The molecule has 0 aromatic rings. The van der Waals surface area contributed by atoms with Gasteiger partial charge in [0, 0.05) is 0 Å². The van der Waals surface area contributed by atoms with Gasteiger partial charge >= 0.3 is 11.9 Å². The molecule has 0 saturated carbocycles. The summed E-state index contributed by atoms with van der Waals surface area (Å²) in [7, 11) is 1.41. The van der Waals surface area contributed by atoms with Crippen LogP contribution in [0.1, 0.15) is 19.3 Å². The number of carboxylic acid groups (broad SMARTS) is 2. The fourth-order valence-corrected chi connectivity index (χ4v) is 1.92. The minimum absolute atomic E-state index is 0.359. The largest absolute Gasteiger partial charge is 0.493 e. The molecule has 1 unspecified atom stereocenters. The Morgan fingerprint density at radius 1 is 1.40 bits per heavy atom. The van der Waals surface area contributed by atoms with Crippen LogP contribution >= 0.6 is 0 Å². The van der Waals surface area contributed by atoms with E-state index >= 15 is 0 Å². The van der Waals surface area contributed by atoms with E-state index in [1.165, 1.54) is 7.11 Å². The van der Waals surface area contributed by atoms with Gasteiger partial charge in [0.25, 0.3) is 0 Å². The van der Waals surface area contributed by atoms with Crippen molar-refractivity contribution < 1.29 is 29.6 Å². The van der Waals surface area contributed by atoms with Gasteiger partial charge in [-0.05, 0) is 19.3 Å². The van der Waals surface area contributed by atoms with Crippen molar-refractivity contribution in [2.24, 2.45) is 4.99 Å². The lowest BCUT2D eigenvalue weighted by molar-refractivity contribution is -0.140. The van der Waals surface area contributed by atoms with Gasteiger partial charge in [0.05, 0.1) is 25.1 Å². The van der Waals surface area contributed by atoms with Crippen LogP contribution in [0, 0.1) is 0 Å². The summed E-state index contributed by atoms with van der Waals surface area (Å²) < 4.78 is 5.19. The van der Waals surface area contributed by atoms with E-state index in [0.29, 0.717) is 36.4 Å². The highest BCUT2D eigenvalue weighted by Gasteiger charge is 2.24. The normalized spacial score (nSPS) is 18.8. The first-order valence-electron chi connectivity index (χ1n) is 6.12. The molecule has 1 aliphatic rings. The number of aliphatic hydroxyl groups excluding tert-OH is 1. The van der Waals surface area contributed by atoms with E-state index in [1.807, 2.05) is 0 Å². The third-order valence-corrected chi connectivity index (χ3v) is 2.81. The van der Waals surface area contributed by atoms with E-state index in [4.69, 9.17) is 20.1 Å². The van der Waals surface area contributed by atoms with Crippen LogP contribution in [-0.2, 0) is 14.3 Å². The summed E-state index contributed by atoms with van der Waals surface area (Å²) in [5, 5.41) is 29.3. The highest BCUT2D eigenvalue weighted by Crippen LogP contribution is 2.22. The maximum atomic E-state index is 10.9. The zero-order valence-electron chi connectivity index (χ0n) is 11.1. The first kappa shape index (κ1) is 16.0. The minimum atomic E-state index is -1.18. The Kier molecular flexibility index (Phi) is 5.98. The van der Waals surface area contributed by atoms with Gasteiger partial charge in [0.15, 0.2) is 5.76 Å². The van der Waals surface area contributed by atoms with Crippen molar-refractivity contribution in [2.45, 2.75) is 25.3 Å². The molecule has 20 heavy (non-hydrogen) atoms. The topological polar surface area (TPSA) is 128 Å². The van der Waals surface area contributed by atoms with E-state index in [2.05, 4.69) is 10.3 Å². The molecule has 0 aromatic carbocycles. The smallest absolute Gasteiger partial charge is 0.328 e. The van der Waals surface area contributed by atoms with Gasteiger partial charge < -0.3 is 25.4 Å². The van der Waals surface area contributed by atoms with Crippen molar-refractivity contribution in [2.75, 3.05) is 20.3 Å². The number of hydrogen-bond donors (Lipinski definition) is 4. The van der Waals surface area contributed by atoms with E-state index in [0.717, 1.165) is 0 Å². The monoisotopic (exact) mass is 286 g/mol. The molecule has 4 N–H and O–H groups in total. The predicted octanol–water partition coefficient (Wildman–Crippen LogP) is -0.411. The standard InChI is InChI=1S/C12H18N2O6/c1-20-11-7(13-5-10(16)17)3-2-4-8(11)14-9(6-15)12(18)19/h9,14-15H,2-6H2,1H3,(H,16,17)(H,18,19). The van der Waals surface area contributed by atoms with Crippen molar-refractivity contribution in [3.8, 4) is 0 Å². The van der Waals surface area contributed by atoms with E-state index in [1.54, 1.807) is 0 Å².